The molecule has 24 heavy (non-hydrogen) atoms. The second-order valence-electron chi connectivity index (χ2n) is 6.22. The van der Waals surface area contributed by atoms with E-state index in [1.165, 1.54) is 6.07 Å². The highest BCUT2D eigenvalue weighted by Gasteiger charge is 2.50. The maximum Gasteiger partial charge on any atom is 0.446 e. The number of aliphatic hydroxyl groups is 1. The summed E-state index contributed by atoms with van der Waals surface area (Å²) in [7, 11) is 0. The molecule has 1 aromatic rings. The number of alkyl halides is 5. The molecule has 2 aliphatic carbocycles. The van der Waals surface area contributed by atoms with E-state index in [-0.39, 0.29) is 23.0 Å². The number of hydrogen-bond donors (Lipinski definition) is 1. The Balaban J connectivity index is 1.95. The molecule has 0 heterocycles. The molecule has 0 aromatic heterocycles. The van der Waals surface area contributed by atoms with E-state index >= 15 is 0 Å². The van der Waals surface area contributed by atoms with E-state index in [0.717, 1.165) is 38.2 Å². The average Bonchev–Trinajstić information content (AvgIpc) is 2.73. The van der Waals surface area contributed by atoms with E-state index in [0.29, 0.717) is 0 Å². The normalized spacial score (nSPS) is 24.0. The molecule has 0 radical (unpaired) electrons. The van der Waals surface area contributed by atoms with Crippen molar-refractivity contribution >= 4 is 11.8 Å². The van der Waals surface area contributed by atoms with Gasteiger partial charge in [0.25, 0.3) is 5.92 Å². The fourth-order valence-electron chi connectivity index (χ4n) is 3.34. The summed E-state index contributed by atoms with van der Waals surface area (Å²) in [5.74, 6) is -3.32. The van der Waals surface area contributed by atoms with Crippen molar-refractivity contribution in [3.8, 4) is 5.75 Å². The molecule has 0 saturated heterocycles. The Labute approximate surface area is 140 Å². The third-order valence-electron chi connectivity index (χ3n) is 4.43. The number of halogens is 5. The first kappa shape index (κ1) is 17.8. The second-order valence-corrected chi connectivity index (χ2v) is 7.33. The predicted octanol–water partition coefficient (Wildman–Crippen LogP) is 5.23. The van der Waals surface area contributed by atoms with Gasteiger partial charge in [-0.25, -0.2) is 8.78 Å². The average molecular weight is 368 g/mol. The van der Waals surface area contributed by atoms with Crippen LogP contribution in [0.3, 0.4) is 0 Å². The van der Waals surface area contributed by atoms with E-state index in [4.69, 9.17) is 4.74 Å². The van der Waals surface area contributed by atoms with Crippen molar-refractivity contribution in [2.75, 3.05) is 0 Å². The smallest absolute Gasteiger partial charge is 0.446 e. The van der Waals surface area contributed by atoms with Crippen LogP contribution in [-0.2, 0) is 6.42 Å². The maximum absolute atomic E-state index is 13.9. The molecule has 2 aliphatic rings. The lowest BCUT2D eigenvalue weighted by atomic mass is 9.97. The van der Waals surface area contributed by atoms with E-state index in [1.807, 2.05) is 0 Å². The van der Waals surface area contributed by atoms with E-state index < -0.39 is 40.6 Å². The fraction of sp³-hybridized carbons (Fsp3) is 0.625. The Morgan fingerprint density at radius 1 is 1.12 bits per heavy atom. The molecule has 2 nitrogen and oxygen atoms in total. The Kier molecular flexibility index (Phi) is 4.72. The van der Waals surface area contributed by atoms with Gasteiger partial charge in [-0.1, -0.05) is 6.42 Å². The summed E-state index contributed by atoms with van der Waals surface area (Å²) >= 11 is -0.484. The molecule has 3 rings (SSSR count). The summed E-state index contributed by atoms with van der Waals surface area (Å²) in [6.45, 7) is 0. The second kappa shape index (κ2) is 6.37. The lowest BCUT2D eigenvalue weighted by molar-refractivity contribution is -0.0977. The Morgan fingerprint density at radius 3 is 2.42 bits per heavy atom. The predicted molar refractivity (Wildman–Crippen MR) is 79.5 cm³/mol. The van der Waals surface area contributed by atoms with E-state index in [2.05, 4.69) is 0 Å². The van der Waals surface area contributed by atoms with Crippen molar-refractivity contribution in [1.29, 1.82) is 0 Å². The van der Waals surface area contributed by atoms with Gasteiger partial charge < -0.3 is 9.84 Å². The van der Waals surface area contributed by atoms with Gasteiger partial charge in [-0.3, -0.25) is 0 Å². The monoisotopic (exact) mass is 368 g/mol. The van der Waals surface area contributed by atoms with E-state index in [9.17, 15) is 27.1 Å². The number of ether oxygens (including phenoxy) is 1. The van der Waals surface area contributed by atoms with Crippen molar-refractivity contribution in [2.24, 2.45) is 0 Å². The molecule has 1 fully saturated rings. The van der Waals surface area contributed by atoms with Crippen molar-refractivity contribution < 1.29 is 31.8 Å². The van der Waals surface area contributed by atoms with Gasteiger partial charge in [0.1, 0.15) is 11.9 Å². The van der Waals surface area contributed by atoms with Crippen LogP contribution in [0, 0.1) is 0 Å². The minimum Gasteiger partial charge on any atom is -0.490 e. The number of benzene rings is 1. The molecule has 0 bridgehead atoms. The first-order valence-electron chi connectivity index (χ1n) is 7.81. The van der Waals surface area contributed by atoms with Crippen LogP contribution in [0.2, 0.25) is 0 Å². The quantitative estimate of drug-likeness (QED) is 0.585. The Bertz CT molecular complexity index is 611. The largest absolute Gasteiger partial charge is 0.490 e. The van der Waals surface area contributed by atoms with Crippen molar-refractivity contribution in [3.63, 3.8) is 0 Å². The topological polar surface area (TPSA) is 29.5 Å². The van der Waals surface area contributed by atoms with Gasteiger partial charge in [0.15, 0.2) is 0 Å². The summed E-state index contributed by atoms with van der Waals surface area (Å²) in [6, 6.07) is 2.43. The molecular formula is C16H17F5O2S. The standard InChI is InChI=1S/C16H17F5O2S/c17-15(18)8-10-11(23-9-4-2-1-3-5-9)6-7-12(13(10)14(15)22)24-16(19,20)21/h6-7,9,14,22H,1-5,8H2/t14-/m0/s1. The van der Waals surface area contributed by atoms with Crippen molar-refractivity contribution in [3.05, 3.63) is 23.3 Å². The van der Waals surface area contributed by atoms with Crippen LogP contribution in [0.25, 0.3) is 0 Å². The third-order valence-corrected chi connectivity index (χ3v) is 5.24. The molecule has 0 amide bonds. The van der Waals surface area contributed by atoms with Crippen molar-refractivity contribution in [2.45, 2.75) is 67.1 Å². The molecule has 0 unspecified atom stereocenters. The highest BCUT2D eigenvalue weighted by Crippen LogP contribution is 2.52. The molecule has 8 heteroatoms. The highest BCUT2D eigenvalue weighted by molar-refractivity contribution is 8.00. The fourth-order valence-corrected chi connectivity index (χ4v) is 4.07. The number of rotatable bonds is 3. The van der Waals surface area contributed by atoms with Gasteiger partial charge in [-0.2, -0.15) is 13.2 Å². The van der Waals surface area contributed by atoms with Gasteiger partial charge in [0.05, 0.1) is 6.10 Å². The number of thioether (sulfide) groups is 1. The van der Waals surface area contributed by atoms with Gasteiger partial charge >= 0.3 is 5.51 Å². The van der Waals surface area contributed by atoms with Crippen LogP contribution in [0.5, 0.6) is 5.75 Å². The molecule has 1 saturated carbocycles. The van der Waals surface area contributed by atoms with Crippen LogP contribution in [0.15, 0.2) is 17.0 Å². The van der Waals surface area contributed by atoms with Crippen LogP contribution in [0.1, 0.15) is 49.3 Å². The minimum absolute atomic E-state index is 0.00711. The van der Waals surface area contributed by atoms with Gasteiger partial charge in [0.2, 0.25) is 0 Å². The zero-order chi connectivity index (χ0) is 17.5. The summed E-state index contributed by atoms with van der Waals surface area (Å²) < 4.78 is 71.6. The Morgan fingerprint density at radius 2 is 1.79 bits per heavy atom. The van der Waals surface area contributed by atoms with Crippen LogP contribution in [-0.4, -0.2) is 22.6 Å². The van der Waals surface area contributed by atoms with Crippen LogP contribution >= 0.6 is 11.8 Å². The first-order chi connectivity index (χ1) is 11.2. The number of hydrogen-bond acceptors (Lipinski definition) is 3. The molecule has 1 aromatic carbocycles. The van der Waals surface area contributed by atoms with Gasteiger partial charge in [-0.05, 0) is 49.6 Å². The Hall–Kier alpha value is -1.02. The molecule has 0 aliphatic heterocycles. The van der Waals surface area contributed by atoms with Crippen molar-refractivity contribution in [1.82, 2.24) is 0 Å². The lowest BCUT2D eigenvalue weighted by Crippen LogP contribution is -2.22. The molecular weight excluding hydrogens is 351 g/mol. The molecule has 1 atom stereocenters. The summed E-state index contributed by atoms with van der Waals surface area (Å²) in [6.07, 6.45) is 1.48. The summed E-state index contributed by atoms with van der Waals surface area (Å²) in [5, 5.41) is 9.83. The summed E-state index contributed by atoms with van der Waals surface area (Å²) in [4.78, 5) is -0.391. The van der Waals surface area contributed by atoms with Gasteiger partial charge in [0, 0.05) is 22.4 Å². The van der Waals surface area contributed by atoms with Gasteiger partial charge in [-0.15, -0.1) is 0 Å². The number of aliphatic hydroxyl groups excluding tert-OH is 1. The van der Waals surface area contributed by atoms with E-state index in [1.54, 1.807) is 0 Å². The van der Waals surface area contributed by atoms with Crippen LogP contribution < -0.4 is 4.74 Å². The first-order valence-corrected chi connectivity index (χ1v) is 8.63. The molecule has 1 N–H and O–H groups in total. The lowest BCUT2D eigenvalue weighted by Gasteiger charge is -2.24. The third kappa shape index (κ3) is 3.64. The molecule has 134 valence electrons. The number of fused-ring (bicyclic) bond motifs is 1. The SMILES string of the molecule is O[C@H]1c2c(SC(F)(F)F)ccc(OC3CCCCC3)c2CC1(F)F. The minimum atomic E-state index is -4.61. The zero-order valence-electron chi connectivity index (χ0n) is 12.7. The highest BCUT2D eigenvalue weighted by atomic mass is 32.2. The maximum atomic E-state index is 13.9. The summed E-state index contributed by atoms with van der Waals surface area (Å²) in [5.41, 5.74) is -4.97. The van der Waals surface area contributed by atoms with Crippen LogP contribution in [0.4, 0.5) is 22.0 Å². The molecule has 0 spiro atoms. The zero-order valence-corrected chi connectivity index (χ0v) is 13.5.